The lowest BCUT2D eigenvalue weighted by molar-refractivity contribution is 0.669. The van der Waals surface area contributed by atoms with Crippen molar-refractivity contribution in [2.24, 2.45) is 0 Å². The van der Waals surface area contributed by atoms with Crippen LogP contribution in [0.5, 0.6) is 0 Å². The van der Waals surface area contributed by atoms with Crippen LogP contribution in [-0.4, -0.2) is 0 Å². The van der Waals surface area contributed by atoms with Crippen molar-refractivity contribution in [1.29, 1.82) is 0 Å². The Kier molecular flexibility index (Phi) is 8.60. The van der Waals surface area contributed by atoms with Crippen molar-refractivity contribution in [3.05, 3.63) is 223 Å². The Balaban J connectivity index is 1.000. The number of rotatable bonds is 7. The van der Waals surface area contributed by atoms with Gasteiger partial charge in [-0.15, -0.1) is 0 Å². The molecule has 9 aromatic carbocycles. The molecule has 0 radical (unpaired) electrons. The lowest BCUT2D eigenvalue weighted by Crippen LogP contribution is -2.14. The third-order valence-corrected chi connectivity index (χ3v) is 13.1. The van der Waals surface area contributed by atoms with Gasteiger partial charge in [0.25, 0.3) is 0 Å². The van der Waals surface area contributed by atoms with Gasteiger partial charge in [-0.2, -0.15) is 0 Å². The molecule has 11 rings (SSSR count). The number of para-hydroxylation sites is 1. The van der Waals surface area contributed by atoms with Crippen LogP contribution in [0.4, 0.5) is 17.1 Å². The molecular weight excluding hydrogens is 830 g/mol. The van der Waals surface area contributed by atoms with Crippen LogP contribution in [0.2, 0.25) is 0 Å². The van der Waals surface area contributed by atoms with Gasteiger partial charge in [0.15, 0.2) is 0 Å². The van der Waals surface area contributed by atoms with Crippen LogP contribution in [0.3, 0.4) is 0 Å². The van der Waals surface area contributed by atoms with Crippen LogP contribution in [-0.2, 0) is 3.42 Å². The maximum Gasteiger partial charge on any atom is 0.136 e. The van der Waals surface area contributed by atoms with Crippen molar-refractivity contribution < 1.29 is 4.42 Å². The van der Waals surface area contributed by atoms with Gasteiger partial charge in [0, 0.05) is 27.8 Å². The number of hydrogen-bond donors (Lipinski definition) is 0. The van der Waals surface area contributed by atoms with Crippen molar-refractivity contribution >= 4 is 61.6 Å². The highest BCUT2D eigenvalue weighted by atomic mass is 127. The highest BCUT2D eigenvalue weighted by Gasteiger charge is 2.38. The molecule has 59 heavy (non-hydrogen) atoms. The largest absolute Gasteiger partial charge is 0.456 e. The van der Waals surface area contributed by atoms with Crippen molar-refractivity contribution in [3.63, 3.8) is 0 Å². The highest BCUT2D eigenvalue weighted by molar-refractivity contribution is 14.1. The fourth-order valence-electron chi connectivity index (χ4n) is 8.97. The van der Waals surface area contributed by atoms with Crippen LogP contribution in [0, 0.1) is 0 Å². The van der Waals surface area contributed by atoms with Gasteiger partial charge < -0.3 is 9.32 Å². The van der Waals surface area contributed by atoms with Crippen LogP contribution in [0.25, 0.3) is 77.6 Å². The number of halogens is 1. The maximum absolute atomic E-state index is 6.26. The summed E-state index contributed by atoms with van der Waals surface area (Å²) in [6.45, 7) is 2.35. The summed E-state index contributed by atoms with van der Waals surface area (Å²) in [6.07, 6.45) is 0. The van der Waals surface area contributed by atoms with Crippen molar-refractivity contribution in [2.75, 3.05) is 4.90 Å². The van der Waals surface area contributed by atoms with Gasteiger partial charge in [0.05, 0.1) is 3.42 Å². The van der Waals surface area contributed by atoms with Crippen molar-refractivity contribution in [1.82, 2.24) is 0 Å². The lowest BCUT2D eigenvalue weighted by atomic mass is 9.94. The van der Waals surface area contributed by atoms with E-state index in [9.17, 15) is 0 Å². The summed E-state index contributed by atoms with van der Waals surface area (Å²) in [4.78, 5) is 2.39. The Morgan fingerprint density at radius 1 is 0.356 bits per heavy atom. The minimum Gasteiger partial charge on any atom is -0.456 e. The lowest BCUT2D eigenvalue weighted by Gasteiger charge is -2.28. The summed E-state index contributed by atoms with van der Waals surface area (Å²) in [7, 11) is 0. The first-order valence-corrected chi connectivity index (χ1v) is 21.2. The first kappa shape index (κ1) is 35.5. The molecule has 280 valence electrons. The smallest absolute Gasteiger partial charge is 0.136 e. The SMILES string of the molecule is CC1(I)c2cc(-c3ccccc3)ccc2-c2ccc(N(c3ccc(-c4ccc5c(c4)oc4ccccc45)cc3)c3ccc(-c4ccccc4-c4ccccc4)cc3)cc21. The molecule has 3 heteroatoms. The van der Waals surface area contributed by atoms with Gasteiger partial charge in [-0.25, -0.2) is 0 Å². The molecule has 0 fully saturated rings. The van der Waals surface area contributed by atoms with Gasteiger partial charge in [-0.05, 0) is 134 Å². The first-order chi connectivity index (χ1) is 29.0. The summed E-state index contributed by atoms with van der Waals surface area (Å²) < 4.78 is 6.05. The third kappa shape index (κ3) is 6.16. The quantitative estimate of drug-likeness (QED) is 0.117. The molecule has 2 nitrogen and oxygen atoms in total. The highest BCUT2D eigenvalue weighted by Crippen LogP contribution is 2.55. The molecule has 0 amide bonds. The molecule has 1 atom stereocenters. The molecule has 1 heterocycles. The predicted molar refractivity (Wildman–Crippen MR) is 256 cm³/mol. The zero-order valence-electron chi connectivity index (χ0n) is 32.4. The van der Waals surface area contributed by atoms with Crippen LogP contribution >= 0.6 is 22.6 Å². The molecule has 1 aromatic heterocycles. The first-order valence-electron chi connectivity index (χ1n) is 20.1. The number of benzene rings is 9. The second-order valence-electron chi connectivity index (χ2n) is 15.5. The number of hydrogen-bond acceptors (Lipinski definition) is 2. The third-order valence-electron chi connectivity index (χ3n) is 12.0. The minimum atomic E-state index is -0.209. The Morgan fingerprint density at radius 3 is 1.51 bits per heavy atom. The average molecular weight is 868 g/mol. The van der Waals surface area contributed by atoms with E-state index in [2.05, 4.69) is 235 Å². The summed E-state index contributed by atoms with van der Waals surface area (Å²) in [5.74, 6) is 0. The molecule has 1 aliphatic carbocycles. The Labute approximate surface area is 358 Å². The van der Waals surface area contributed by atoms with Crippen LogP contribution in [0.15, 0.2) is 217 Å². The van der Waals surface area contributed by atoms with E-state index >= 15 is 0 Å². The van der Waals surface area contributed by atoms with Gasteiger partial charge in [0.1, 0.15) is 11.2 Å². The van der Waals surface area contributed by atoms with E-state index in [1.807, 2.05) is 12.1 Å². The van der Waals surface area contributed by atoms with E-state index < -0.39 is 0 Å². The number of alkyl halides is 1. The molecule has 0 N–H and O–H groups in total. The van der Waals surface area contributed by atoms with Gasteiger partial charge >= 0.3 is 0 Å². The van der Waals surface area contributed by atoms with E-state index in [4.69, 9.17) is 4.42 Å². The number of furan rings is 1. The Morgan fingerprint density at radius 2 is 0.814 bits per heavy atom. The molecule has 0 saturated heterocycles. The second-order valence-corrected chi connectivity index (χ2v) is 17.7. The Hall–Kier alpha value is -6.69. The fourth-order valence-corrected chi connectivity index (χ4v) is 9.86. The average Bonchev–Trinajstić information content (AvgIpc) is 3.78. The molecule has 1 aliphatic rings. The van der Waals surface area contributed by atoms with Gasteiger partial charge in [0.2, 0.25) is 0 Å². The molecular formula is C56H38INO. The fraction of sp³-hybridized carbons (Fsp3) is 0.0357. The van der Waals surface area contributed by atoms with Gasteiger partial charge in [-0.3, -0.25) is 0 Å². The van der Waals surface area contributed by atoms with E-state index in [0.29, 0.717) is 0 Å². The van der Waals surface area contributed by atoms with E-state index in [-0.39, 0.29) is 3.42 Å². The maximum atomic E-state index is 6.26. The molecule has 10 aromatic rings. The molecule has 0 saturated carbocycles. The number of anilines is 3. The van der Waals surface area contributed by atoms with E-state index in [0.717, 1.165) is 50.1 Å². The minimum absolute atomic E-state index is 0.209. The van der Waals surface area contributed by atoms with Crippen molar-refractivity contribution in [2.45, 2.75) is 10.3 Å². The summed E-state index contributed by atoms with van der Waals surface area (Å²) in [6, 6.07) is 76.8. The van der Waals surface area contributed by atoms with E-state index in [1.54, 1.807) is 0 Å². The normalized spacial score (nSPS) is 14.3. The zero-order valence-corrected chi connectivity index (χ0v) is 34.6. The predicted octanol–water partition coefficient (Wildman–Crippen LogP) is 16.4. The van der Waals surface area contributed by atoms with Crippen LogP contribution in [0.1, 0.15) is 18.1 Å². The monoisotopic (exact) mass is 867 g/mol. The zero-order chi connectivity index (χ0) is 39.5. The number of nitrogens with zero attached hydrogens (tertiary/aromatic N) is 1. The summed E-state index contributed by atoms with van der Waals surface area (Å²) in [5.41, 5.74) is 20.0. The van der Waals surface area contributed by atoms with Crippen molar-refractivity contribution in [3.8, 4) is 55.6 Å². The molecule has 0 spiro atoms. The molecule has 1 unspecified atom stereocenters. The number of fused-ring (bicyclic) bond motifs is 6. The van der Waals surface area contributed by atoms with Crippen LogP contribution < -0.4 is 4.90 Å². The molecule has 0 aliphatic heterocycles. The Bertz CT molecular complexity index is 3160. The van der Waals surface area contributed by atoms with Gasteiger partial charge in [-0.1, -0.05) is 174 Å². The summed E-state index contributed by atoms with van der Waals surface area (Å²) >= 11 is 2.67. The molecule has 0 bridgehead atoms. The standard InChI is InChI=1S/C56H38INO/c1-56(57)52-34-41(37-12-4-2-5-13-37)24-31-48(52)49-33-30-45(36-53(49)56)58(44-28-22-40(23-29-44)47-17-9-8-16-46(47)39-14-6-3-7-15-39)43-26-20-38(21-27-43)42-25-32-51-50-18-10-11-19-54(50)59-55(51)35-42/h2-36H,1H3. The topological polar surface area (TPSA) is 16.4 Å². The summed E-state index contributed by atoms with van der Waals surface area (Å²) in [5, 5.41) is 2.28. The van der Waals surface area contributed by atoms with E-state index in [1.165, 1.54) is 55.6 Å². The second kappa shape index (κ2) is 14.3.